The van der Waals surface area contributed by atoms with E-state index in [0.717, 1.165) is 10.4 Å². The molecule has 0 atom stereocenters. The van der Waals surface area contributed by atoms with Crippen LogP contribution in [0.4, 0.5) is 13.2 Å². The zero-order chi connectivity index (χ0) is 18.1. The lowest BCUT2D eigenvalue weighted by Crippen LogP contribution is -2.28. The van der Waals surface area contributed by atoms with Crippen LogP contribution in [-0.4, -0.2) is 24.8 Å². The van der Waals surface area contributed by atoms with Crippen LogP contribution in [0.3, 0.4) is 0 Å². The standard InChI is InChI=1S/C14H11BrClF3N2O2S/c1-21(8-9-4-2-3-5-11(9)14(17,18)19)24(22,23)12-6-10(15)7-20-13(12)16/h2-7H,8H2,1H3. The quantitative estimate of drug-likeness (QED) is 0.661. The molecule has 0 bridgehead atoms. The average molecular weight is 444 g/mol. The molecule has 10 heteroatoms. The van der Waals surface area contributed by atoms with Crippen molar-refractivity contribution in [1.82, 2.24) is 9.29 Å². The fourth-order valence-corrected chi connectivity index (χ4v) is 4.08. The summed E-state index contributed by atoms with van der Waals surface area (Å²) in [5.74, 6) is 0. The first kappa shape index (κ1) is 19.2. The van der Waals surface area contributed by atoms with E-state index in [2.05, 4.69) is 20.9 Å². The van der Waals surface area contributed by atoms with Crippen molar-refractivity contribution in [1.29, 1.82) is 0 Å². The van der Waals surface area contributed by atoms with Crippen LogP contribution in [0.2, 0.25) is 5.15 Å². The Labute approximate surface area is 150 Å². The van der Waals surface area contributed by atoms with Crippen molar-refractivity contribution in [3.8, 4) is 0 Å². The highest BCUT2D eigenvalue weighted by molar-refractivity contribution is 9.10. The van der Waals surface area contributed by atoms with Gasteiger partial charge in [0.2, 0.25) is 10.0 Å². The van der Waals surface area contributed by atoms with Gasteiger partial charge >= 0.3 is 6.18 Å². The van der Waals surface area contributed by atoms with Crippen molar-refractivity contribution in [2.75, 3.05) is 7.05 Å². The summed E-state index contributed by atoms with van der Waals surface area (Å²) in [5.41, 5.74) is -1.04. The van der Waals surface area contributed by atoms with Gasteiger partial charge in [0, 0.05) is 24.3 Å². The molecule has 130 valence electrons. The summed E-state index contributed by atoms with van der Waals surface area (Å²) < 4.78 is 65.4. The molecule has 4 nitrogen and oxygen atoms in total. The van der Waals surface area contributed by atoms with E-state index < -0.39 is 28.3 Å². The molecule has 24 heavy (non-hydrogen) atoms. The first-order valence-corrected chi connectivity index (χ1v) is 9.07. The van der Waals surface area contributed by atoms with Crippen LogP contribution in [0.5, 0.6) is 0 Å². The maximum Gasteiger partial charge on any atom is 0.416 e. The highest BCUT2D eigenvalue weighted by Crippen LogP contribution is 2.33. The molecule has 2 rings (SSSR count). The molecule has 1 heterocycles. The van der Waals surface area contributed by atoms with Gasteiger partial charge in [-0.2, -0.15) is 17.5 Å². The monoisotopic (exact) mass is 442 g/mol. The van der Waals surface area contributed by atoms with Crippen LogP contribution in [0.25, 0.3) is 0 Å². The molecule has 0 radical (unpaired) electrons. The lowest BCUT2D eigenvalue weighted by Gasteiger charge is -2.20. The second-order valence-corrected chi connectivity index (χ2v) is 8.15. The Kier molecular flexibility index (Phi) is 5.58. The summed E-state index contributed by atoms with van der Waals surface area (Å²) in [6, 6.07) is 6.05. The molecule has 0 N–H and O–H groups in total. The van der Waals surface area contributed by atoms with Gasteiger partial charge in [0.25, 0.3) is 0 Å². The van der Waals surface area contributed by atoms with Crippen LogP contribution in [-0.2, 0) is 22.7 Å². The summed E-state index contributed by atoms with van der Waals surface area (Å²) in [7, 11) is -2.93. The number of hydrogen-bond donors (Lipinski definition) is 0. The van der Waals surface area contributed by atoms with Crippen LogP contribution in [0, 0.1) is 0 Å². The van der Waals surface area contributed by atoms with E-state index in [-0.39, 0.29) is 15.6 Å². The normalized spacial score (nSPS) is 12.6. The molecule has 0 spiro atoms. The van der Waals surface area contributed by atoms with Crippen molar-refractivity contribution in [2.24, 2.45) is 0 Å². The van der Waals surface area contributed by atoms with Gasteiger partial charge < -0.3 is 0 Å². The molecule has 0 aliphatic rings. The van der Waals surface area contributed by atoms with Crippen molar-refractivity contribution in [2.45, 2.75) is 17.6 Å². The van der Waals surface area contributed by atoms with Gasteiger partial charge in [-0.15, -0.1) is 0 Å². The van der Waals surface area contributed by atoms with Crippen molar-refractivity contribution in [3.05, 3.63) is 57.3 Å². The van der Waals surface area contributed by atoms with Crippen LogP contribution >= 0.6 is 27.5 Å². The molecular weight excluding hydrogens is 433 g/mol. The van der Waals surface area contributed by atoms with Crippen molar-refractivity contribution >= 4 is 37.6 Å². The number of aromatic nitrogens is 1. The number of hydrogen-bond acceptors (Lipinski definition) is 3. The third kappa shape index (κ3) is 4.08. The molecule has 0 unspecified atom stereocenters. The number of pyridine rings is 1. The second-order valence-electron chi connectivity index (χ2n) is 4.86. The van der Waals surface area contributed by atoms with Gasteiger partial charge in [0.1, 0.15) is 10.0 Å². The van der Waals surface area contributed by atoms with Gasteiger partial charge in [0.15, 0.2) is 0 Å². The Bertz CT molecular complexity index is 859. The molecule has 1 aromatic heterocycles. The number of benzene rings is 1. The largest absolute Gasteiger partial charge is 0.416 e. The smallest absolute Gasteiger partial charge is 0.242 e. The first-order valence-electron chi connectivity index (χ1n) is 6.46. The first-order chi connectivity index (χ1) is 11.0. The predicted molar refractivity (Wildman–Crippen MR) is 87.0 cm³/mol. The molecule has 0 aliphatic carbocycles. The van der Waals surface area contributed by atoms with Gasteiger partial charge in [-0.25, -0.2) is 13.4 Å². The SMILES string of the molecule is CN(Cc1ccccc1C(F)(F)F)S(=O)(=O)c1cc(Br)cnc1Cl. The third-order valence-electron chi connectivity index (χ3n) is 3.18. The average Bonchev–Trinajstić information content (AvgIpc) is 2.49. The molecule has 0 saturated carbocycles. The molecule has 1 aromatic carbocycles. The minimum absolute atomic E-state index is 0.157. The lowest BCUT2D eigenvalue weighted by atomic mass is 10.1. The minimum atomic E-state index is -4.57. The Balaban J connectivity index is 2.40. The van der Waals surface area contributed by atoms with E-state index in [9.17, 15) is 21.6 Å². The number of nitrogens with zero attached hydrogens (tertiary/aromatic N) is 2. The van der Waals surface area contributed by atoms with E-state index in [4.69, 9.17) is 11.6 Å². The summed E-state index contributed by atoms with van der Waals surface area (Å²) in [6.07, 6.45) is -3.25. The lowest BCUT2D eigenvalue weighted by molar-refractivity contribution is -0.138. The Morgan fingerprint density at radius 2 is 1.92 bits per heavy atom. The highest BCUT2D eigenvalue weighted by atomic mass is 79.9. The summed E-state index contributed by atoms with van der Waals surface area (Å²) in [4.78, 5) is 3.44. The highest BCUT2D eigenvalue weighted by Gasteiger charge is 2.34. The Morgan fingerprint density at radius 1 is 1.29 bits per heavy atom. The van der Waals surface area contributed by atoms with Crippen molar-refractivity contribution in [3.63, 3.8) is 0 Å². The fraction of sp³-hybridized carbons (Fsp3) is 0.214. The summed E-state index contributed by atoms with van der Waals surface area (Å²) in [6.45, 7) is -0.457. The fourth-order valence-electron chi connectivity index (χ4n) is 2.01. The number of sulfonamides is 1. The van der Waals surface area contributed by atoms with Crippen LogP contribution in [0.1, 0.15) is 11.1 Å². The van der Waals surface area contributed by atoms with Gasteiger partial charge in [-0.3, -0.25) is 0 Å². The van der Waals surface area contributed by atoms with Gasteiger partial charge in [-0.05, 0) is 33.6 Å². The van der Waals surface area contributed by atoms with Crippen LogP contribution < -0.4 is 0 Å². The zero-order valence-electron chi connectivity index (χ0n) is 12.2. The van der Waals surface area contributed by atoms with E-state index in [1.807, 2.05) is 0 Å². The molecule has 0 aliphatic heterocycles. The summed E-state index contributed by atoms with van der Waals surface area (Å²) in [5, 5.41) is -0.255. The maximum absolute atomic E-state index is 13.0. The van der Waals surface area contributed by atoms with E-state index in [0.29, 0.717) is 4.47 Å². The molecule has 2 aromatic rings. The molecular formula is C14H11BrClF3N2O2S. The number of halogens is 5. The zero-order valence-corrected chi connectivity index (χ0v) is 15.3. The van der Waals surface area contributed by atoms with Crippen LogP contribution in [0.15, 0.2) is 45.9 Å². The predicted octanol–water partition coefficient (Wildman–Crippen LogP) is 4.34. The van der Waals surface area contributed by atoms with E-state index >= 15 is 0 Å². The second kappa shape index (κ2) is 6.99. The minimum Gasteiger partial charge on any atom is -0.242 e. The van der Waals surface area contributed by atoms with E-state index in [1.54, 1.807) is 0 Å². The topological polar surface area (TPSA) is 50.3 Å². The van der Waals surface area contributed by atoms with Gasteiger partial charge in [-0.1, -0.05) is 29.8 Å². The van der Waals surface area contributed by atoms with Crippen molar-refractivity contribution < 1.29 is 21.6 Å². The number of rotatable bonds is 4. The Morgan fingerprint density at radius 3 is 2.54 bits per heavy atom. The third-order valence-corrected chi connectivity index (χ3v) is 5.84. The van der Waals surface area contributed by atoms with E-state index in [1.165, 1.54) is 37.5 Å². The molecule has 0 fully saturated rings. The maximum atomic E-state index is 13.0. The Hall–Kier alpha value is -1.16. The summed E-state index contributed by atoms with van der Waals surface area (Å²) >= 11 is 8.90. The number of alkyl halides is 3. The molecule has 0 amide bonds. The molecule has 0 saturated heterocycles. The van der Waals surface area contributed by atoms with Gasteiger partial charge in [0.05, 0.1) is 5.56 Å².